The van der Waals surface area contributed by atoms with Gasteiger partial charge in [0, 0.05) is 30.5 Å². The highest BCUT2D eigenvalue weighted by Gasteiger charge is 2.79. The van der Waals surface area contributed by atoms with E-state index in [-0.39, 0.29) is 17.2 Å². The quantitative estimate of drug-likeness (QED) is 0.695. The summed E-state index contributed by atoms with van der Waals surface area (Å²) in [5.41, 5.74) is 0.295. The van der Waals surface area contributed by atoms with Gasteiger partial charge in [-0.15, -0.1) is 0 Å². The third kappa shape index (κ3) is 1.79. The van der Waals surface area contributed by atoms with E-state index in [2.05, 4.69) is 24.1 Å². The molecule has 1 saturated heterocycles. The molecule has 0 unspecified atom stereocenters. The van der Waals surface area contributed by atoms with Crippen molar-refractivity contribution in [2.45, 2.75) is 62.2 Å². The monoisotopic (exact) mass is 412 g/mol. The van der Waals surface area contributed by atoms with Crippen LogP contribution in [0.5, 0.6) is 11.5 Å². The highest BCUT2D eigenvalue weighted by molar-refractivity contribution is 5.84. The third-order valence-electron chi connectivity index (χ3n) is 8.99. The molecule has 6 aliphatic rings. The number of benzene rings is 1. The minimum atomic E-state index is -2.66. The molecule has 1 aromatic rings. The molecule has 5 heteroatoms. The number of Topliss-reactive ketones (excluding diaryl/α,β-unsaturated/α-hetero) is 1. The van der Waals surface area contributed by atoms with Gasteiger partial charge in [-0.25, -0.2) is 0 Å². The summed E-state index contributed by atoms with van der Waals surface area (Å²) in [5.74, 6) is 0.873. The molecule has 2 spiro atoms. The number of likely N-dealkylation sites (tertiary alicyclic amines) is 1. The van der Waals surface area contributed by atoms with Gasteiger partial charge in [-0.2, -0.15) is 0 Å². The van der Waals surface area contributed by atoms with E-state index in [0.29, 0.717) is 30.8 Å². The Hall–Kier alpha value is -1.85. The van der Waals surface area contributed by atoms with Crippen LogP contribution >= 0.6 is 0 Å². The van der Waals surface area contributed by atoms with Gasteiger partial charge in [0.2, 0.25) is 0 Å². The van der Waals surface area contributed by atoms with Crippen molar-refractivity contribution in [2.75, 3.05) is 27.7 Å². The first-order chi connectivity index (χ1) is 15.6. The van der Waals surface area contributed by atoms with Crippen LogP contribution in [0.4, 0.5) is 0 Å². The van der Waals surface area contributed by atoms with Crippen molar-refractivity contribution in [2.24, 2.45) is 11.3 Å². The lowest BCUT2D eigenvalue weighted by molar-refractivity contribution is -0.213. The lowest BCUT2D eigenvalue weighted by Crippen LogP contribution is -2.79. The number of nitrogens with zero attached hydrogens (tertiary/aromatic N) is 1. The number of methoxy groups -OCH3 is 2. The number of fused-ring (bicyclic) bond motifs is 1. The summed E-state index contributed by atoms with van der Waals surface area (Å²) in [6, 6.07) is 4.29. The van der Waals surface area contributed by atoms with Crippen molar-refractivity contribution in [3.8, 4) is 11.5 Å². The zero-order valence-corrected chi connectivity index (χ0v) is 17.9. The summed E-state index contributed by atoms with van der Waals surface area (Å²) in [6.45, 7) is 2.86. The molecule has 4 aliphatic carbocycles. The van der Waals surface area contributed by atoms with Gasteiger partial charge in [0.15, 0.2) is 11.5 Å². The van der Waals surface area contributed by atoms with E-state index in [9.17, 15) is 4.79 Å². The van der Waals surface area contributed by atoms with E-state index in [4.69, 9.17) is 18.3 Å². The fourth-order valence-electron chi connectivity index (χ4n) is 7.83. The summed E-state index contributed by atoms with van der Waals surface area (Å²) in [5, 5.41) is 0. The van der Waals surface area contributed by atoms with Crippen molar-refractivity contribution >= 4 is 5.78 Å². The third-order valence-corrected chi connectivity index (χ3v) is 8.99. The van der Waals surface area contributed by atoms with Gasteiger partial charge in [0.1, 0.15) is 17.5 Å². The number of carbonyl (C=O) groups is 1. The summed E-state index contributed by atoms with van der Waals surface area (Å²) in [7, 11) is 1.14. The van der Waals surface area contributed by atoms with Gasteiger partial charge in [0.05, 0.1) is 22.6 Å². The Morgan fingerprint density at radius 3 is 3.03 bits per heavy atom. The Morgan fingerprint density at radius 2 is 2.27 bits per heavy atom. The summed E-state index contributed by atoms with van der Waals surface area (Å²) >= 11 is 0. The molecule has 0 N–H and O–H groups in total. The number of carbonyl (C=O) groups excluding carboxylic acids is 1. The SMILES string of the molecule is [2H]C([2H])([2H])O[C@]12C=C[C@@]3(C[C@@H]1C(=O)CCC)[C@H]1Cc4ccc(OC)c5c4[C@@]3(CCN1C)[C@H]2O5. The second-order valence-corrected chi connectivity index (χ2v) is 9.85. The van der Waals surface area contributed by atoms with Gasteiger partial charge in [-0.1, -0.05) is 25.1 Å². The Kier molecular flexibility index (Phi) is 3.12. The van der Waals surface area contributed by atoms with E-state index in [1.807, 2.05) is 19.1 Å². The predicted octanol–water partition coefficient (Wildman–Crippen LogP) is 3.28. The number of likely N-dealkylation sites (N-methyl/N-ethyl adjacent to an activating group) is 1. The molecule has 6 atom stereocenters. The molecule has 1 aromatic carbocycles. The lowest BCUT2D eigenvalue weighted by atomic mass is 9.37. The van der Waals surface area contributed by atoms with E-state index < -0.39 is 30.1 Å². The van der Waals surface area contributed by atoms with Crippen LogP contribution in [-0.4, -0.2) is 56.2 Å². The number of hydrogen-bond acceptors (Lipinski definition) is 5. The molecule has 30 heavy (non-hydrogen) atoms. The van der Waals surface area contributed by atoms with Crippen LogP contribution in [0.25, 0.3) is 0 Å². The standard InChI is InChI=1S/C25H31NO4/c1-5-6-17(27)16-14-23-9-10-25(16,29-4)22-24(23)11-12-26(2)19(23)13-15-7-8-18(28-3)21(30-22)20(15)24/h7-10,16,19,22H,5-6,11-14H2,1-4H3/t16-,19-,22-,23-,24+,25-/m1/s1/i4D3. The van der Waals surface area contributed by atoms with E-state index in [1.165, 1.54) is 5.56 Å². The van der Waals surface area contributed by atoms with Gasteiger partial charge >= 0.3 is 0 Å². The summed E-state index contributed by atoms with van der Waals surface area (Å²) in [6.07, 6.45) is 6.90. The van der Waals surface area contributed by atoms with Gasteiger partial charge in [-0.05, 0) is 50.9 Å². The zero-order chi connectivity index (χ0) is 23.4. The fourth-order valence-corrected chi connectivity index (χ4v) is 7.83. The molecular weight excluding hydrogens is 378 g/mol. The summed E-state index contributed by atoms with van der Waals surface area (Å²) in [4.78, 5) is 16.0. The van der Waals surface area contributed by atoms with Crippen LogP contribution in [0, 0.1) is 11.3 Å². The van der Waals surface area contributed by atoms with Crippen LogP contribution in [0.2, 0.25) is 0 Å². The molecule has 5 nitrogen and oxygen atoms in total. The van der Waals surface area contributed by atoms with Gasteiger partial charge in [-0.3, -0.25) is 4.79 Å². The smallest absolute Gasteiger partial charge is 0.166 e. The topological polar surface area (TPSA) is 48.0 Å². The van der Waals surface area contributed by atoms with E-state index in [0.717, 1.165) is 24.9 Å². The average Bonchev–Trinajstić information content (AvgIpc) is 3.12. The highest BCUT2D eigenvalue weighted by Crippen LogP contribution is 2.74. The van der Waals surface area contributed by atoms with Crippen LogP contribution < -0.4 is 9.47 Å². The van der Waals surface area contributed by atoms with Gasteiger partial charge < -0.3 is 19.1 Å². The average molecular weight is 413 g/mol. The van der Waals surface area contributed by atoms with Crippen molar-refractivity contribution in [1.29, 1.82) is 0 Å². The summed E-state index contributed by atoms with van der Waals surface area (Å²) < 4.78 is 42.5. The first-order valence-corrected chi connectivity index (χ1v) is 11.1. The maximum absolute atomic E-state index is 13.5. The van der Waals surface area contributed by atoms with Crippen molar-refractivity contribution in [3.63, 3.8) is 0 Å². The molecule has 2 fully saturated rings. The van der Waals surface area contributed by atoms with Crippen molar-refractivity contribution in [1.82, 2.24) is 4.90 Å². The normalized spacial score (nSPS) is 44.0. The van der Waals surface area contributed by atoms with E-state index >= 15 is 0 Å². The first kappa shape index (κ1) is 15.9. The zero-order valence-electron chi connectivity index (χ0n) is 20.9. The number of piperidine rings is 1. The Morgan fingerprint density at radius 1 is 1.40 bits per heavy atom. The van der Waals surface area contributed by atoms with Crippen LogP contribution in [0.1, 0.15) is 47.8 Å². The largest absolute Gasteiger partial charge is 0.493 e. The Labute approximate surface area is 182 Å². The molecular formula is C25H31NO4. The molecule has 0 aromatic heterocycles. The maximum Gasteiger partial charge on any atom is 0.166 e. The van der Waals surface area contributed by atoms with Crippen molar-refractivity contribution in [3.05, 3.63) is 35.4 Å². The number of rotatable bonds is 5. The molecule has 4 bridgehead atoms. The van der Waals surface area contributed by atoms with Crippen LogP contribution in [-0.2, 0) is 21.4 Å². The molecule has 0 radical (unpaired) electrons. The molecule has 160 valence electrons. The lowest BCUT2D eigenvalue weighted by Gasteiger charge is -2.70. The molecule has 1 saturated carbocycles. The predicted molar refractivity (Wildman–Crippen MR) is 113 cm³/mol. The number of hydrogen-bond donors (Lipinski definition) is 0. The Bertz CT molecular complexity index is 1070. The van der Waals surface area contributed by atoms with Crippen LogP contribution in [0.15, 0.2) is 24.3 Å². The van der Waals surface area contributed by atoms with Crippen LogP contribution in [0.3, 0.4) is 0 Å². The van der Waals surface area contributed by atoms with Crippen molar-refractivity contribution < 1.29 is 23.1 Å². The number of ether oxygens (including phenoxy) is 3. The fraction of sp³-hybridized carbons (Fsp3) is 0.640. The second-order valence-electron chi connectivity index (χ2n) is 9.85. The Balaban J connectivity index is 1.65. The number of ketones is 1. The van der Waals surface area contributed by atoms with E-state index in [1.54, 1.807) is 7.11 Å². The first-order valence-electron chi connectivity index (χ1n) is 12.6. The second kappa shape index (κ2) is 5.89. The van der Waals surface area contributed by atoms with Gasteiger partial charge in [0.25, 0.3) is 0 Å². The molecule has 2 heterocycles. The highest BCUT2D eigenvalue weighted by atomic mass is 16.6. The molecule has 0 amide bonds. The minimum absolute atomic E-state index is 0.0679. The maximum atomic E-state index is 13.5. The molecule has 7 rings (SSSR count). The minimum Gasteiger partial charge on any atom is -0.493 e. The molecule has 2 aliphatic heterocycles.